The number of hydrogen-bond donors (Lipinski definition) is 4. The van der Waals surface area contributed by atoms with Gasteiger partial charge in [-0.3, -0.25) is 9.59 Å². The van der Waals surface area contributed by atoms with E-state index in [1.54, 1.807) is 12.1 Å². The molecule has 6 heteroatoms. The average molecular weight is 223 g/mol. The highest BCUT2D eigenvalue weighted by molar-refractivity contribution is 6.06. The zero-order chi connectivity index (χ0) is 12.3. The van der Waals surface area contributed by atoms with Crippen molar-refractivity contribution in [3.05, 3.63) is 29.8 Å². The lowest BCUT2D eigenvalue weighted by Crippen LogP contribution is -2.51. The topological polar surface area (TPSA) is 132 Å². The third-order valence-corrected chi connectivity index (χ3v) is 2.20. The number of anilines is 1. The first-order valence-corrected chi connectivity index (χ1v) is 4.58. The summed E-state index contributed by atoms with van der Waals surface area (Å²) in [6.07, 6.45) is 0. The molecule has 0 heterocycles. The Morgan fingerprint density at radius 3 is 2.19 bits per heavy atom. The number of carboxylic acid groups (broad SMARTS) is 1. The van der Waals surface area contributed by atoms with Gasteiger partial charge in [0, 0.05) is 11.3 Å². The van der Waals surface area contributed by atoms with Crippen LogP contribution in [0.1, 0.15) is 10.4 Å². The maximum absolute atomic E-state index is 11.8. The quantitative estimate of drug-likeness (QED) is 0.390. The molecule has 0 amide bonds. The molecule has 1 aromatic carbocycles. The summed E-state index contributed by atoms with van der Waals surface area (Å²) >= 11 is 0. The van der Waals surface area contributed by atoms with Gasteiger partial charge in [-0.15, -0.1) is 0 Å². The number of aliphatic carboxylic acids is 1. The lowest BCUT2D eigenvalue weighted by atomic mass is 9.98. The third kappa shape index (κ3) is 2.36. The largest absolute Gasteiger partial charge is 0.480 e. The van der Waals surface area contributed by atoms with Crippen LogP contribution in [0.15, 0.2) is 24.3 Å². The molecule has 0 fully saturated rings. The minimum Gasteiger partial charge on any atom is -0.480 e. The number of carboxylic acids is 1. The van der Waals surface area contributed by atoms with Crippen molar-refractivity contribution in [2.45, 2.75) is 12.1 Å². The number of hydrogen-bond acceptors (Lipinski definition) is 5. The fourth-order valence-electron chi connectivity index (χ4n) is 1.22. The van der Waals surface area contributed by atoms with Gasteiger partial charge in [-0.05, 0) is 12.1 Å². The van der Waals surface area contributed by atoms with E-state index in [4.69, 9.17) is 22.3 Å². The maximum atomic E-state index is 11.8. The molecule has 1 rings (SSSR count). The molecule has 0 spiro atoms. The van der Waals surface area contributed by atoms with E-state index in [0.717, 1.165) is 0 Å². The summed E-state index contributed by atoms with van der Waals surface area (Å²) in [6.45, 7) is 0. The van der Waals surface area contributed by atoms with Crippen molar-refractivity contribution in [1.82, 2.24) is 0 Å². The fourth-order valence-corrected chi connectivity index (χ4v) is 1.22. The Morgan fingerprint density at radius 1 is 1.12 bits per heavy atom. The highest BCUT2D eigenvalue weighted by Crippen LogP contribution is 2.13. The number of benzene rings is 1. The van der Waals surface area contributed by atoms with Crippen LogP contribution in [-0.4, -0.2) is 28.9 Å². The van der Waals surface area contributed by atoms with Crippen LogP contribution in [0.3, 0.4) is 0 Å². The van der Waals surface area contributed by atoms with Crippen molar-refractivity contribution in [1.29, 1.82) is 0 Å². The number of nitrogens with two attached hydrogens (primary N) is 3. The van der Waals surface area contributed by atoms with Crippen LogP contribution in [0.2, 0.25) is 0 Å². The molecule has 0 aliphatic heterocycles. The first kappa shape index (κ1) is 12.2. The van der Waals surface area contributed by atoms with Gasteiger partial charge in [0.2, 0.25) is 0 Å². The Bertz CT molecular complexity index is 420. The van der Waals surface area contributed by atoms with E-state index in [1.165, 1.54) is 12.1 Å². The Balaban J connectivity index is 2.95. The van der Waals surface area contributed by atoms with Crippen molar-refractivity contribution < 1.29 is 14.7 Å². The maximum Gasteiger partial charge on any atom is 0.322 e. The van der Waals surface area contributed by atoms with Crippen molar-refractivity contribution in [2.75, 3.05) is 5.73 Å². The predicted molar refractivity (Wildman–Crippen MR) is 58.8 cm³/mol. The lowest BCUT2D eigenvalue weighted by molar-refractivity contribution is -0.138. The highest BCUT2D eigenvalue weighted by Gasteiger charge is 2.28. The second-order valence-electron chi connectivity index (χ2n) is 3.34. The molecule has 86 valence electrons. The van der Waals surface area contributed by atoms with Gasteiger partial charge in [-0.2, -0.15) is 0 Å². The van der Waals surface area contributed by atoms with E-state index in [-0.39, 0.29) is 11.3 Å². The molecule has 0 radical (unpaired) electrons. The van der Waals surface area contributed by atoms with Crippen LogP contribution in [0.4, 0.5) is 5.69 Å². The standard InChI is InChI=1S/C10H13N3O3/c11-6-4-2-1-3-5(6)9(14)7(12)8(13)10(15)16/h1-4,7-8H,11-13H2,(H,15,16)/t7?,8-/m0/s1. The molecule has 7 N–H and O–H groups in total. The number of rotatable bonds is 4. The van der Waals surface area contributed by atoms with Gasteiger partial charge in [-0.1, -0.05) is 12.1 Å². The first-order chi connectivity index (χ1) is 7.45. The van der Waals surface area contributed by atoms with Crippen molar-refractivity contribution in [2.24, 2.45) is 11.5 Å². The number of Topliss-reactive ketones (excluding diaryl/α,β-unsaturated/α-hetero) is 1. The van der Waals surface area contributed by atoms with Gasteiger partial charge in [0.25, 0.3) is 0 Å². The SMILES string of the molecule is Nc1ccccc1C(=O)C(N)[C@H](N)C(=O)O. The molecule has 2 atom stereocenters. The zero-order valence-electron chi connectivity index (χ0n) is 8.46. The third-order valence-electron chi connectivity index (χ3n) is 2.20. The smallest absolute Gasteiger partial charge is 0.322 e. The molecule has 0 aliphatic rings. The van der Waals surface area contributed by atoms with Crippen LogP contribution < -0.4 is 17.2 Å². The monoisotopic (exact) mass is 223 g/mol. The van der Waals surface area contributed by atoms with Crippen LogP contribution >= 0.6 is 0 Å². The number of nitrogen functional groups attached to an aromatic ring is 1. The number of carbonyl (C=O) groups excluding carboxylic acids is 1. The van der Waals surface area contributed by atoms with Gasteiger partial charge < -0.3 is 22.3 Å². The average Bonchev–Trinajstić information content (AvgIpc) is 2.26. The summed E-state index contributed by atoms with van der Waals surface area (Å²) in [5, 5.41) is 8.63. The van der Waals surface area contributed by atoms with E-state index >= 15 is 0 Å². The van der Waals surface area contributed by atoms with Gasteiger partial charge >= 0.3 is 5.97 Å². The van der Waals surface area contributed by atoms with Crippen LogP contribution in [0, 0.1) is 0 Å². The second-order valence-corrected chi connectivity index (χ2v) is 3.34. The molecule has 1 unspecified atom stereocenters. The minimum atomic E-state index is -1.44. The van der Waals surface area contributed by atoms with Gasteiger partial charge in [0.05, 0.1) is 6.04 Å². The van der Waals surface area contributed by atoms with Crippen LogP contribution in [0.25, 0.3) is 0 Å². The highest BCUT2D eigenvalue weighted by atomic mass is 16.4. The lowest BCUT2D eigenvalue weighted by Gasteiger charge is -2.15. The van der Waals surface area contributed by atoms with E-state index in [9.17, 15) is 9.59 Å². The Labute approximate surface area is 92.0 Å². The summed E-state index contributed by atoms with van der Waals surface area (Å²) in [5.74, 6) is -1.90. The number of para-hydroxylation sites is 1. The normalized spacial score (nSPS) is 14.1. The van der Waals surface area contributed by atoms with Crippen LogP contribution in [0.5, 0.6) is 0 Å². The van der Waals surface area contributed by atoms with E-state index in [0.29, 0.717) is 0 Å². The summed E-state index contributed by atoms with van der Waals surface area (Å²) in [5.41, 5.74) is 16.7. The minimum absolute atomic E-state index is 0.187. The van der Waals surface area contributed by atoms with Crippen LogP contribution in [-0.2, 0) is 4.79 Å². The molecular formula is C10H13N3O3. The Morgan fingerprint density at radius 2 is 1.69 bits per heavy atom. The molecule has 1 aromatic rings. The van der Waals surface area contributed by atoms with Gasteiger partial charge in [0.15, 0.2) is 5.78 Å². The Hall–Kier alpha value is -1.92. The summed E-state index contributed by atoms with van der Waals surface area (Å²) in [4.78, 5) is 22.3. The molecular weight excluding hydrogens is 210 g/mol. The fraction of sp³-hybridized carbons (Fsp3) is 0.200. The van der Waals surface area contributed by atoms with E-state index in [1.807, 2.05) is 0 Å². The molecule has 0 bridgehead atoms. The number of carbonyl (C=O) groups is 2. The van der Waals surface area contributed by atoms with Crippen molar-refractivity contribution >= 4 is 17.4 Å². The molecule has 0 aromatic heterocycles. The van der Waals surface area contributed by atoms with Gasteiger partial charge in [0.1, 0.15) is 6.04 Å². The summed E-state index contributed by atoms with van der Waals surface area (Å²) in [7, 11) is 0. The van der Waals surface area contributed by atoms with E-state index < -0.39 is 23.8 Å². The van der Waals surface area contributed by atoms with Crippen molar-refractivity contribution in [3.8, 4) is 0 Å². The first-order valence-electron chi connectivity index (χ1n) is 4.58. The van der Waals surface area contributed by atoms with Crippen molar-refractivity contribution in [3.63, 3.8) is 0 Å². The second kappa shape index (κ2) is 4.73. The van der Waals surface area contributed by atoms with Gasteiger partial charge in [-0.25, -0.2) is 0 Å². The predicted octanol–water partition coefficient (Wildman–Crippen LogP) is -0.809. The molecule has 0 saturated carbocycles. The van der Waals surface area contributed by atoms with E-state index in [2.05, 4.69) is 0 Å². The molecule has 0 aliphatic carbocycles. The summed E-state index contributed by atoms with van der Waals surface area (Å²) < 4.78 is 0. The molecule has 16 heavy (non-hydrogen) atoms. The number of ketones is 1. The molecule has 6 nitrogen and oxygen atoms in total. The Kier molecular flexibility index (Phi) is 3.60. The zero-order valence-corrected chi connectivity index (χ0v) is 8.46. The summed E-state index contributed by atoms with van der Waals surface area (Å²) in [6, 6.07) is 3.55. The molecule has 0 saturated heterocycles.